The van der Waals surface area contributed by atoms with Crippen LogP contribution in [0.2, 0.25) is 0 Å². The Kier molecular flexibility index (Phi) is 4.81. The van der Waals surface area contributed by atoms with Crippen LogP contribution < -0.4 is 10.6 Å². The Morgan fingerprint density at radius 3 is 2.45 bits per heavy atom. The predicted octanol–water partition coefficient (Wildman–Crippen LogP) is 3.92. The third-order valence-corrected chi connectivity index (χ3v) is 3.16. The number of aromatic nitrogens is 1. The SMILES string of the molecule is CCc1ccccc1Nc1ccc(C(=O)NC(C)(C)C)nc1. The van der Waals surface area contributed by atoms with Gasteiger partial charge in [-0.1, -0.05) is 25.1 Å². The second-order valence-electron chi connectivity index (χ2n) is 6.27. The van der Waals surface area contributed by atoms with E-state index in [0.29, 0.717) is 5.69 Å². The molecule has 0 aliphatic carbocycles. The zero-order chi connectivity index (χ0) is 16.2. The van der Waals surface area contributed by atoms with Crippen LogP contribution in [0.15, 0.2) is 42.6 Å². The van der Waals surface area contributed by atoms with E-state index in [1.165, 1.54) is 5.56 Å². The first kappa shape index (κ1) is 16.0. The first-order valence-corrected chi connectivity index (χ1v) is 7.52. The van der Waals surface area contributed by atoms with E-state index >= 15 is 0 Å². The molecule has 0 spiro atoms. The highest BCUT2D eigenvalue weighted by Gasteiger charge is 2.16. The molecule has 0 unspecified atom stereocenters. The molecule has 0 aliphatic rings. The number of carbonyl (C=O) groups excluding carboxylic acids is 1. The van der Waals surface area contributed by atoms with Crippen LogP contribution in [0.3, 0.4) is 0 Å². The van der Waals surface area contributed by atoms with Gasteiger partial charge in [0.25, 0.3) is 5.91 Å². The zero-order valence-corrected chi connectivity index (χ0v) is 13.6. The van der Waals surface area contributed by atoms with E-state index in [1.807, 2.05) is 45.0 Å². The molecule has 1 aromatic carbocycles. The molecule has 0 atom stereocenters. The van der Waals surface area contributed by atoms with Crippen LogP contribution in [-0.4, -0.2) is 16.4 Å². The van der Waals surface area contributed by atoms with Crippen LogP contribution >= 0.6 is 0 Å². The molecular formula is C18H23N3O. The summed E-state index contributed by atoms with van der Waals surface area (Å²) in [5.74, 6) is -0.159. The van der Waals surface area contributed by atoms with Crippen molar-refractivity contribution in [3.05, 3.63) is 53.9 Å². The van der Waals surface area contributed by atoms with Crippen LogP contribution in [0.4, 0.5) is 11.4 Å². The van der Waals surface area contributed by atoms with Crippen molar-refractivity contribution in [1.29, 1.82) is 0 Å². The first-order valence-electron chi connectivity index (χ1n) is 7.52. The molecule has 4 heteroatoms. The highest BCUT2D eigenvalue weighted by atomic mass is 16.2. The second kappa shape index (κ2) is 6.60. The normalized spacial score (nSPS) is 11.1. The number of anilines is 2. The molecule has 22 heavy (non-hydrogen) atoms. The summed E-state index contributed by atoms with van der Waals surface area (Å²) in [6.45, 7) is 7.96. The lowest BCUT2D eigenvalue weighted by Gasteiger charge is -2.20. The van der Waals surface area contributed by atoms with Gasteiger partial charge in [-0.3, -0.25) is 4.79 Å². The maximum absolute atomic E-state index is 12.0. The first-order chi connectivity index (χ1) is 10.4. The third-order valence-electron chi connectivity index (χ3n) is 3.16. The molecule has 0 aliphatic heterocycles. The van der Waals surface area contributed by atoms with Gasteiger partial charge in [-0.15, -0.1) is 0 Å². The van der Waals surface area contributed by atoms with Gasteiger partial charge in [-0.25, -0.2) is 4.98 Å². The number of pyridine rings is 1. The quantitative estimate of drug-likeness (QED) is 0.899. The lowest BCUT2D eigenvalue weighted by Crippen LogP contribution is -2.40. The van der Waals surface area contributed by atoms with E-state index in [9.17, 15) is 4.79 Å². The molecule has 116 valence electrons. The standard InChI is InChI=1S/C18H23N3O/c1-5-13-8-6-7-9-15(13)20-14-10-11-16(19-12-14)17(22)21-18(2,3)4/h6-12,20H,5H2,1-4H3,(H,21,22). The van der Waals surface area contributed by atoms with Crippen LogP contribution in [0.25, 0.3) is 0 Å². The molecule has 0 saturated heterocycles. The smallest absolute Gasteiger partial charge is 0.270 e. The van der Waals surface area contributed by atoms with Crippen LogP contribution in [0.5, 0.6) is 0 Å². The van der Waals surface area contributed by atoms with Gasteiger partial charge in [0.1, 0.15) is 5.69 Å². The van der Waals surface area contributed by atoms with E-state index in [0.717, 1.165) is 17.8 Å². The van der Waals surface area contributed by atoms with E-state index in [2.05, 4.69) is 28.6 Å². The average molecular weight is 297 g/mol. The fourth-order valence-electron chi connectivity index (χ4n) is 2.11. The summed E-state index contributed by atoms with van der Waals surface area (Å²) in [4.78, 5) is 16.3. The molecule has 0 fully saturated rings. The maximum Gasteiger partial charge on any atom is 0.270 e. The third kappa shape index (κ3) is 4.32. The summed E-state index contributed by atoms with van der Waals surface area (Å²) in [7, 11) is 0. The van der Waals surface area contributed by atoms with Crippen molar-refractivity contribution in [2.45, 2.75) is 39.7 Å². The number of para-hydroxylation sites is 1. The highest BCUT2D eigenvalue weighted by Crippen LogP contribution is 2.20. The molecule has 2 aromatic rings. The summed E-state index contributed by atoms with van der Waals surface area (Å²) >= 11 is 0. The number of hydrogen-bond acceptors (Lipinski definition) is 3. The number of hydrogen-bond donors (Lipinski definition) is 2. The fourth-order valence-corrected chi connectivity index (χ4v) is 2.11. The molecule has 2 N–H and O–H groups in total. The van der Waals surface area contributed by atoms with Gasteiger partial charge in [-0.05, 0) is 51.0 Å². The van der Waals surface area contributed by atoms with Crippen molar-refractivity contribution in [2.75, 3.05) is 5.32 Å². The van der Waals surface area contributed by atoms with Gasteiger partial charge in [0.2, 0.25) is 0 Å². The number of carbonyl (C=O) groups is 1. The Labute approximate surface area is 132 Å². The van der Waals surface area contributed by atoms with Gasteiger partial charge in [0.05, 0.1) is 11.9 Å². The average Bonchev–Trinajstić information content (AvgIpc) is 2.47. The number of nitrogens with one attached hydrogen (secondary N) is 2. The van der Waals surface area contributed by atoms with Crippen LogP contribution in [0, 0.1) is 0 Å². The Morgan fingerprint density at radius 1 is 1.14 bits per heavy atom. The predicted molar refractivity (Wildman–Crippen MR) is 90.6 cm³/mol. The van der Waals surface area contributed by atoms with Crippen molar-refractivity contribution in [3.8, 4) is 0 Å². The molecule has 4 nitrogen and oxygen atoms in total. The molecule has 1 amide bonds. The minimum Gasteiger partial charge on any atom is -0.354 e. The summed E-state index contributed by atoms with van der Waals surface area (Å²) in [6, 6.07) is 11.8. The highest BCUT2D eigenvalue weighted by molar-refractivity contribution is 5.93. The Morgan fingerprint density at radius 2 is 1.86 bits per heavy atom. The van der Waals surface area contributed by atoms with E-state index < -0.39 is 0 Å². The number of aryl methyl sites for hydroxylation is 1. The van der Waals surface area contributed by atoms with E-state index in [-0.39, 0.29) is 11.4 Å². The minimum absolute atomic E-state index is 0.159. The van der Waals surface area contributed by atoms with Crippen molar-refractivity contribution < 1.29 is 4.79 Å². The van der Waals surface area contributed by atoms with Crippen molar-refractivity contribution in [1.82, 2.24) is 10.3 Å². The van der Waals surface area contributed by atoms with Crippen LogP contribution in [-0.2, 0) is 6.42 Å². The van der Waals surface area contributed by atoms with Gasteiger partial charge >= 0.3 is 0 Å². The number of amides is 1. The largest absolute Gasteiger partial charge is 0.354 e. The summed E-state index contributed by atoms with van der Waals surface area (Å²) in [5.41, 5.74) is 3.34. The Bertz CT molecular complexity index is 642. The summed E-state index contributed by atoms with van der Waals surface area (Å²) < 4.78 is 0. The monoisotopic (exact) mass is 297 g/mol. The van der Waals surface area contributed by atoms with E-state index in [4.69, 9.17) is 0 Å². The molecule has 1 heterocycles. The van der Waals surface area contributed by atoms with Crippen molar-refractivity contribution in [2.24, 2.45) is 0 Å². The van der Waals surface area contributed by atoms with Gasteiger partial charge in [-0.2, -0.15) is 0 Å². The molecule has 2 rings (SSSR count). The molecule has 0 saturated carbocycles. The molecule has 0 bridgehead atoms. The molecule has 1 aromatic heterocycles. The zero-order valence-electron chi connectivity index (χ0n) is 13.6. The number of nitrogens with zero attached hydrogens (tertiary/aromatic N) is 1. The Balaban J connectivity index is 2.11. The number of rotatable bonds is 4. The fraction of sp³-hybridized carbons (Fsp3) is 0.333. The lowest BCUT2D eigenvalue weighted by molar-refractivity contribution is 0.0914. The second-order valence-corrected chi connectivity index (χ2v) is 6.27. The maximum atomic E-state index is 12.0. The summed E-state index contributed by atoms with van der Waals surface area (Å²) in [6.07, 6.45) is 2.65. The van der Waals surface area contributed by atoms with Crippen molar-refractivity contribution >= 4 is 17.3 Å². The van der Waals surface area contributed by atoms with Crippen molar-refractivity contribution in [3.63, 3.8) is 0 Å². The van der Waals surface area contributed by atoms with Gasteiger partial charge in [0.15, 0.2) is 0 Å². The topological polar surface area (TPSA) is 54.0 Å². The lowest BCUT2D eigenvalue weighted by atomic mass is 10.1. The minimum atomic E-state index is -0.268. The molecule has 0 radical (unpaired) electrons. The molecular weight excluding hydrogens is 274 g/mol. The number of benzene rings is 1. The Hall–Kier alpha value is -2.36. The van der Waals surface area contributed by atoms with Gasteiger partial charge in [0, 0.05) is 11.2 Å². The van der Waals surface area contributed by atoms with Gasteiger partial charge < -0.3 is 10.6 Å². The van der Waals surface area contributed by atoms with Crippen LogP contribution in [0.1, 0.15) is 43.7 Å². The van der Waals surface area contributed by atoms with E-state index in [1.54, 1.807) is 12.3 Å². The summed E-state index contributed by atoms with van der Waals surface area (Å²) in [5, 5.41) is 6.24.